The Balaban J connectivity index is 1.76. The third-order valence-corrected chi connectivity index (χ3v) is 4.40. The Morgan fingerprint density at radius 1 is 0.906 bits per heavy atom. The van der Waals surface area contributed by atoms with Crippen molar-refractivity contribution in [2.45, 2.75) is 18.8 Å². The van der Waals surface area contributed by atoms with Crippen LogP contribution in [0.3, 0.4) is 0 Å². The molecule has 0 radical (unpaired) electrons. The van der Waals surface area contributed by atoms with E-state index in [1.54, 1.807) is 0 Å². The maximum Gasteiger partial charge on any atom is 0.416 e. The normalized spacial score (nSPS) is 12.3. The number of carbonyl (C=O) groups is 1. The summed E-state index contributed by atoms with van der Waals surface area (Å²) < 4.78 is 84.9. The van der Waals surface area contributed by atoms with Crippen LogP contribution < -0.4 is 10.1 Å². The average molecular weight is 455 g/mol. The molecule has 0 fully saturated rings. The molecule has 1 atom stereocenters. The van der Waals surface area contributed by atoms with Crippen LogP contribution in [0, 0.1) is 17.5 Å². The highest BCUT2D eigenvalue weighted by Gasteiger charge is 2.34. The van der Waals surface area contributed by atoms with Gasteiger partial charge in [0, 0.05) is 12.6 Å². The molecule has 3 rings (SSSR count). The predicted octanol–water partition coefficient (Wildman–Crippen LogP) is 5.26. The first-order valence-corrected chi connectivity index (χ1v) is 9.09. The molecule has 0 aromatic heterocycles. The molecule has 3 aromatic rings. The average Bonchev–Trinajstić information content (AvgIpc) is 2.74. The Hall–Kier alpha value is -3.53. The zero-order valence-electron chi connectivity index (χ0n) is 16.1. The van der Waals surface area contributed by atoms with E-state index in [4.69, 9.17) is 4.74 Å². The van der Waals surface area contributed by atoms with Gasteiger partial charge in [-0.3, -0.25) is 4.79 Å². The van der Waals surface area contributed by atoms with E-state index >= 15 is 0 Å². The highest BCUT2D eigenvalue weighted by Crippen LogP contribution is 2.36. The topological polar surface area (TPSA) is 58.6 Å². The molecule has 0 aliphatic carbocycles. The molecule has 0 aliphatic rings. The molecule has 32 heavy (non-hydrogen) atoms. The van der Waals surface area contributed by atoms with Crippen molar-refractivity contribution >= 4 is 5.91 Å². The van der Waals surface area contributed by atoms with Crippen LogP contribution in [0.5, 0.6) is 11.5 Å². The standard InChI is InChI=1S/C22H15F6NO3/c23-14-4-1-12(2-5-14)20(30)21(31)29-11-13-3-6-15(9-17(13)22(26,27)28)32-16-7-8-18(24)19(25)10-16/h1-10,20,30H,11H2,(H,29,31)/t20-/m1/s1. The Kier molecular flexibility index (Phi) is 6.73. The lowest BCUT2D eigenvalue weighted by Gasteiger charge is -2.17. The molecule has 0 unspecified atom stereocenters. The van der Waals surface area contributed by atoms with E-state index in [1.165, 1.54) is 12.1 Å². The van der Waals surface area contributed by atoms with Crippen molar-refractivity contribution in [3.63, 3.8) is 0 Å². The molecule has 3 aromatic carbocycles. The second kappa shape index (κ2) is 9.31. The fraction of sp³-hybridized carbons (Fsp3) is 0.136. The van der Waals surface area contributed by atoms with Crippen molar-refractivity contribution in [1.82, 2.24) is 5.32 Å². The molecule has 0 saturated carbocycles. The second-order valence-electron chi connectivity index (χ2n) is 6.67. The van der Waals surface area contributed by atoms with E-state index in [-0.39, 0.29) is 22.6 Å². The van der Waals surface area contributed by atoms with Crippen LogP contribution in [0.2, 0.25) is 0 Å². The molecule has 2 N–H and O–H groups in total. The summed E-state index contributed by atoms with van der Waals surface area (Å²) in [6.45, 7) is -0.572. The number of aliphatic hydroxyl groups excluding tert-OH is 1. The van der Waals surface area contributed by atoms with Crippen molar-refractivity contribution in [2.24, 2.45) is 0 Å². The van der Waals surface area contributed by atoms with Crippen molar-refractivity contribution in [3.8, 4) is 11.5 Å². The SMILES string of the molecule is O=C(NCc1ccc(Oc2ccc(F)c(F)c2)cc1C(F)(F)F)[C@H](O)c1ccc(F)cc1. The van der Waals surface area contributed by atoms with E-state index in [9.17, 15) is 36.2 Å². The number of hydrogen-bond donors (Lipinski definition) is 2. The van der Waals surface area contributed by atoms with Crippen LogP contribution in [0.15, 0.2) is 60.7 Å². The van der Waals surface area contributed by atoms with Crippen molar-refractivity contribution in [1.29, 1.82) is 0 Å². The van der Waals surface area contributed by atoms with E-state index < -0.39 is 47.7 Å². The molecule has 10 heteroatoms. The van der Waals surface area contributed by atoms with Gasteiger partial charge >= 0.3 is 6.18 Å². The first kappa shape index (κ1) is 23.1. The maximum atomic E-state index is 13.5. The number of benzene rings is 3. The molecular formula is C22H15F6NO3. The Labute approximate surface area is 178 Å². The van der Waals surface area contributed by atoms with Crippen LogP contribution in [0.25, 0.3) is 0 Å². The van der Waals surface area contributed by atoms with Crippen molar-refractivity contribution < 1.29 is 41.0 Å². The number of rotatable bonds is 6. The summed E-state index contributed by atoms with van der Waals surface area (Å²) in [6.07, 6.45) is -6.52. The van der Waals surface area contributed by atoms with E-state index in [2.05, 4.69) is 5.32 Å². The third kappa shape index (κ3) is 5.58. The lowest BCUT2D eigenvalue weighted by Crippen LogP contribution is -2.29. The van der Waals surface area contributed by atoms with E-state index in [1.807, 2.05) is 0 Å². The summed E-state index contributed by atoms with van der Waals surface area (Å²) >= 11 is 0. The number of carbonyl (C=O) groups excluding carboxylic acids is 1. The van der Waals surface area contributed by atoms with Crippen LogP contribution in [0.4, 0.5) is 26.3 Å². The Morgan fingerprint density at radius 3 is 2.16 bits per heavy atom. The van der Waals surface area contributed by atoms with Crippen LogP contribution in [0.1, 0.15) is 22.8 Å². The Morgan fingerprint density at radius 2 is 1.53 bits per heavy atom. The van der Waals surface area contributed by atoms with Gasteiger partial charge in [0.1, 0.15) is 17.3 Å². The van der Waals surface area contributed by atoms with Gasteiger partial charge in [-0.1, -0.05) is 18.2 Å². The van der Waals surface area contributed by atoms with Gasteiger partial charge in [-0.2, -0.15) is 13.2 Å². The molecule has 0 spiro atoms. The van der Waals surface area contributed by atoms with E-state index in [0.29, 0.717) is 12.1 Å². The minimum absolute atomic E-state index is 0.0650. The first-order chi connectivity index (χ1) is 15.0. The highest BCUT2D eigenvalue weighted by atomic mass is 19.4. The molecule has 0 heterocycles. The molecular weight excluding hydrogens is 440 g/mol. The number of hydrogen-bond acceptors (Lipinski definition) is 3. The van der Waals surface area contributed by atoms with Crippen molar-refractivity contribution in [3.05, 3.63) is 94.8 Å². The fourth-order valence-corrected chi connectivity index (χ4v) is 2.79. The number of aliphatic hydroxyl groups is 1. The van der Waals surface area contributed by atoms with Gasteiger partial charge in [-0.25, -0.2) is 13.2 Å². The van der Waals surface area contributed by atoms with Gasteiger partial charge in [0.05, 0.1) is 5.56 Å². The van der Waals surface area contributed by atoms with Crippen LogP contribution in [-0.2, 0) is 17.5 Å². The molecule has 0 bridgehead atoms. The summed E-state index contributed by atoms with van der Waals surface area (Å²) in [6, 6.07) is 9.76. The molecule has 1 amide bonds. The lowest BCUT2D eigenvalue weighted by molar-refractivity contribution is -0.139. The largest absolute Gasteiger partial charge is 0.457 e. The maximum absolute atomic E-state index is 13.5. The fourth-order valence-electron chi connectivity index (χ4n) is 2.79. The summed E-state index contributed by atoms with van der Waals surface area (Å²) in [5, 5.41) is 12.2. The van der Waals surface area contributed by atoms with Gasteiger partial charge in [0.15, 0.2) is 17.7 Å². The van der Waals surface area contributed by atoms with Gasteiger partial charge in [-0.05, 0) is 47.5 Å². The Bertz CT molecular complexity index is 1120. The van der Waals surface area contributed by atoms with Gasteiger partial charge < -0.3 is 15.2 Å². The van der Waals surface area contributed by atoms with Gasteiger partial charge in [0.25, 0.3) is 5.91 Å². The number of halogens is 6. The molecule has 0 saturated heterocycles. The summed E-state index contributed by atoms with van der Waals surface area (Å²) in [5.41, 5.74) is -1.39. The zero-order chi connectivity index (χ0) is 23.5. The summed E-state index contributed by atoms with van der Waals surface area (Å²) in [5.74, 6) is -4.42. The minimum atomic E-state index is -4.82. The van der Waals surface area contributed by atoms with Crippen LogP contribution in [-0.4, -0.2) is 11.0 Å². The zero-order valence-corrected chi connectivity index (χ0v) is 16.1. The molecule has 4 nitrogen and oxygen atoms in total. The number of ether oxygens (including phenoxy) is 1. The summed E-state index contributed by atoms with van der Waals surface area (Å²) in [7, 11) is 0. The van der Waals surface area contributed by atoms with Gasteiger partial charge in [0.2, 0.25) is 0 Å². The van der Waals surface area contributed by atoms with E-state index in [0.717, 1.165) is 36.4 Å². The quantitative estimate of drug-likeness (QED) is 0.499. The lowest BCUT2D eigenvalue weighted by atomic mass is 10.1. The second-order valence-corrected chi connectivity index (χ2v) is 6.67. The number of amides is 1. The predicted molar refractivity (Wildman–Crippen MR) is 101 cm³/mol. The molecule has 168 valence electrons. The first-order valence-electron chi connectivity index (χ1n) is 9.09. The van der Waals surface area contributed by atoms with Gasteiger partial charge in [-0.15, -0.1) is 0 Å². The van der Waals surface area contributed by atoms with Crippen LogP contribution >= 0.6 is 0 Å². The smallest absolute Gasteiger partial charge is 0.416 e. The number of alkyl halides is 3. The monoisotopic (exact) mass is 455 g/mol. The number of nitrogens with one attached hydrogen (secondary N) is 1. The summed E-state index contributed by atoms with van der Waals surface area (Å²) in [4.78, 5) is 12.1. The third-order valence-electron chi connectivity index (χ3n) is 4.40. The highest BCUT2D eigenvalue weighted by molar-refractivity contribution is 5.81. The minimum Gasteiger partial charge on any atom is -0.457 e. The molecule has 0 aliphatic heterocycles. The van der Waals surface area contributed by atoms with Crippen molar-refractivity contribution in [2.75, 3.05) is 0 Å².